The number of nitrogens with one attached hydrogen (secondary N) is 1. The molecule has 1 aromatic carbocycles. The third-order valence-electron chi connectivity index (χ3n) is 3.24. The van der Waals surface area contributed by atoms with E-state index in [1.807, 2.05) is 19.1 Å². The number of amides is 1. The van der Waals surface area contributed by atoms with Gasteiger partial charge in [-0.15, -0.1) is 11.8 Å². The Kier molecular flexibility index (Phi) is 7.21. The van der Waals surface area contributed by atoms with Crippen LogP contribution < -0.4 is 10.1 Å². The van der Waals surface area contributed by atoms with Gasteiger partial charge in [0, 0.05) is 34.6 Å². The number of rotatable bonds is 7. The molecule has 7 heteroatoms. The molecule has 0 saturated carbocycles. The number of methoxy groups -OCH3 is 1. The molecule has 2 aromatic rings. The van der Waals surface area contributed by atoms with Gasteiger partial charge in [0.25, 0.3) is 0 Å². The average molecular weight is 385 g/mol. The summed E-state index contributed by atoms with van der Waals surface area (Å²) in [6, 6.07) is 10.8. The highest BCUT2D eigenvalue weighted by Crippen LogP contribution is 2.32. The lowest BCUT2D eigenvalue weighted by Crippen LogP contribution is -2.32. The lowest BCUT2D eigenvalue weighted by atomic mass is 10.2. The van der Waals surface area contributed by atoms with Crippen molar-refractivity contribution in [1.29, 1.82) is 0 Å². The van der Waals surface area contributed by atoms with Crippen LogP contribution >= 0.6 is 35.0 Å². The zero-order chi connectivity index (χ0) is 17.5. The predicted octanol–water partition coefficient (Wildman–Crippen LogP) is 4.24. The van der Waals surface area contributed by atoms with Crippen molar-refractivity contribution in [3.8, 4) is 5.88 Å². The molecular weight excluding hydrogens is 367 g/mol. The zero-order valence-corrected chi connectivity index (χ0v) is 15.7. The fourth-order valence-corrected chi connectivity index (χ4v) is 3.41. The molecule has 0 saturated heterocycles. The van der Waals surface area contributed by atoms with E-state index in [2.05, 4.69) is 10.3 Å². The maximum Gasteiger partial charge on any atom is 0.233 e. The van der Waals surface area contributed by atoms with E-state index in [4.69, 9.17) is 27.9 Å². The van der Waals surface area contributed by atoms with Crippen molar-refractivity contribution in [3.63, 3.8) is 0 Å². The molecule has 1 N–H and O–H groups in total. The first-order chi connectivity index (χ1) is 11.5. The van der Waals surface area contributed by atoms with Gasteiger partial charge in [-0.3, -0.25) is 4.79 Å². The molecule has 1 atom stereocenters. The standard InChI is InChI=1S/C17H18Cl2N2O2S/c1-11(24-15-10-12(18)6-7-14(15)19)17(22)20-9-8-13-4-3-5-16(21-13)23-2/h3-7,10-11H,8-9H2,1-2H3,(H,20,22)/t11-/m0/s1. The number of halogens is 2. The Bertz CT molecular complexity index is 713. The second-order valence-electron chi connectivity index (χ2n) is 5.05. The summed E-state index contributed by atoms with van der Waals surface area (Å²) in [5, 5.41) is 3.81. The van der Waals surface area contributed by atoms with Crippen molar-refractivity contribution in [3.05, 3.63) is 52.1 Å². The number of benzene rings is 1. The summed E-state index contributed by atoms with van der Waals surface area (Å²) in [4.78, 5) is 17.3. The SMILES string of the molecule is COc1cccc(CCNC(=O)[C@H](C)Sc2cc(Cl)ccc2Cl)n1. The first kappa shape index (κ1) is 18.9. The van der Waals surface area contributed by atoms with Crippen LogP contribution in [0.4, 0.5) is 0 Å². The Labute approximate surface area is 155 Å². The van der Waals surface area contributed by atoms with E-state index in [-0.39, 0.29) is 11.2 Å². The molecule has 1 heterocycles. The topological polar surface area (TPSA) is 51.2 Å². The summed E-state index contributed by atoms with van der Waals surface area (Å²) >= 11 is 13.5. The van der Waals surface area contributed by atoms with E-state index in [1.165, 1.54) is 11.8 Å². The summed E-state index contributed by atoms with van der Waals surface area (Å²) in [6.07, 6.45) is 0.637. The monoisotopic (exact) mass is 384 g/mol. The van der Waals surface area contributed by atoms with E-state index < -0.39 is 0 Å². The zero-order valence-electron chi connectivity index (χ0n) is 13.4. The van der Waals surface area contributed by atoms with Gasteiger partial charge in [-0.2, -0.15) is 0 Å². The predicted molar refractivity (Wildman–Crippen MR) is 99.3 cm³/mol. The Morgan fingerprint density at radius 3 is 2.88 bits per heavy atom. The van der Waals surface area contributed by atoms with Crippen molar-refractivity contribution in [2.75, 3.05) is 13.7 Å². The van der Waals surface area contributed by atoms with Crippen LogP contribution in [0.1, 0.15) is 12.6 Å². The lowest BCUT2D eigenvalue weighted by molar-refractivity contribution is -0.120. The van der Waals surface area contributed by atoms with Crippen LogP contribution in [-0.2, 0) is 11.2 Å². The Morgan fingerprint density at radius 2 is 2.12 bits per heavy atom. The number of carbonyl (C=O) groups is 1. The van der Waals surface area contributed by atoms with Gasteiger partial charge in [-0.1, -0.05) is 29.3 Å². The van der Waals surface area contributed by atoms with Crippen LogP contribution in [0.25, 0.3) is 0 Å². The molecule has 0 aliphatic rings. The maximum absolute atomic E-state index is 12.2. The van der Waals surface area contributed by atoms with Crippen molar-refractivity contribution >= 4 is 40.9 Å². The normalized spacial score (nSPS) is 11.8. The molecule has 2 rings (SSSR count). The lowest BCUT2D eigenvalue weighted by Gasteiger charge is -2.13. The minimum Gasteiger partial charge on any atom is -0.481 e. The second-order valence-corrected chi connectivity index (χ2v) is 7.27. The van der Waals surface area contributed by atoms with E-state index in [1.54, 1.807) is 31.4 Å². The summed E-state index contributed by atoms with van der Waals surface area (Å²) in [7, 11) is 1.58. The van der Waals surface area contributed by atoms with Crippen LogP contribution in [0.15, 0.2) is 41.3 Å². The Morgan fingerprint density at radius 1 is 1.33 bits per heavy atom. The molecule has 0 aliphatic carbocycles. The number of nitrogens with zero attached hydrogens (tertiary/aromatic N) is 1. The second kappa shape index (κ2) is 9.16. The molecule has 0 unspecified atom stereocenters. The van der Waals surface area contributed by atoms with Crippen LogP contribution in [0.3, 0.4) is 0 Å². The summed E-state index contributed by atoms with van der Waals surface area (Å²) in [5.74, 6) is 0.511. The quantitative estimate of drug-likeness (QED) is 0.725. The number of pyridine rings is 1. The Balaban J connectivity index is 1.84. The molecule has 1 aromatic heterocycles. The molecule has 0 radical (unpaired) electrons. The smallest absolute Gasteiger partial charge is 0.233 e. The third kappa shape index (κ3) is 5.58. The van der Waals surface area contributed by atoms with Crippen molar-refractivity contribution in [1.82, 2.24) is 10.3 Å². The summed E-state index contributed by atoms with van der Waals surface area (Å²) in [5.41, 5.74) is 0.868. The van der Waals surface area contributed by atoms with E-state index in [0.717, 1.165) is 10.6 Å². The molecule has 4 nitrogen and oxygen atoms in total. The summed E-state index contributed by atoms with van der Waals surface area (Å²) in [6.45, 7) is 2.34. The number of aromatic nitrogens is 1. The molecule has 0 bridgehead atoms. The van der Waals surface area contributed by atoms with Crippen LogP contribution in [-0.4, -0.2) is 29.8 Å². The minimum absolute atomic E-state index is 0.0565. The van der Waals surface area contributed by atoms with E-state index in [9.17, 15) is 4.79 Å². The number of hydrogen-bond acceptors (Lipinski definition) is 4. The van der Waals surface area contributed by atoms with Crippen molar-refractivity contribution < 1.29 is 9.53 Å². The highest BCUT2D eigenvalue weighted by atomic mass is 35.5. The van der Waals surface area contributed by atoms with Gasteiger partial charge in [-0.05, 0) is 31.2 Å². The minimum atomic E-state index is -0.278. The van der Waals surface area contributed by atoms with Gasteiger partial charge in [0.05, 0.1) is 17.4 Å². The highest BCUT2D eigenvalue weighted by molar-refractivity contribution is 8.00. The van der Waals surface area contributed by atoms with Gasteiger partial charge < -0.3 is 10.1 Å². The van der Waals surface area contributed by atoms with Crippen LogP contribution in [0, 0.1) is 0 Å². The fraction of sp³-hybridized carbons (Fsp3) is 0.294. The van der Waals surface area contributed by atoms with Crippen molar-refractivity contribution in [2.45, 2.75) is 23.5 Å². The van der Waals surface area contributed by atoms with Gasteiger partial charge in [0.1, 0.15) is 0 Å². The van der Waals surface area contributed by atoms with Crippen LogP contribution in [0.5, 0.6) is 5.88 Å². The summed E-state index contributed by atoms with van der Waals surface area (Å²) < 4.78 is 5.08. The van der Waals surface area contributed by atoms with Gasteiger partial charge in [0.15, 0.2) is 0 Å². The molecule has 0 spiro atoms. The Hall–Kier alpha value is -1.43. The number of ether oxygens (including phenoxy) is 1. The number of thioether (sulfide) groups is 1. The molecule has 0 fully saturated rings. The first-order valence-corrected chi connectivity index (χ1v) is 9.02. The largest absolute Gasteiger partial charge is 0.481 e. The van der Waals surface area contributed by atoms with E-state index in [0.29, 0.717) is 28.9 Å². The van der Waals surface area contributed by atoms with Crippen molar-refractivity contribution in [2.24, 2.45) is 0 Å². The number of hydrogen-bond donors (Lipinski definition) is 1. The fourth-order valence-electron chi connectivity index (χ4n) is 1.98. The molecule has 24 heavy (non-hydrogen) atoms. The molecule has 128 valence electrons. The first-order valence-electron chi connectivity index (χ1n) is 7.39. The third-order valence-corrected chi connectivity index (χ3v) is 5.07. The molecule has 1 amide bonds. The average Bonchev–Trinajstić information content (AvgIpc) is 2.58. The van der Waals surface area contributed by atoms with Gasteiger partial charge in [-0.25, -0.2) is 4.98 Å². The van der Waals surface area contributed by atoms with Gasteiger partial charge >= 0.3 is 0 Å². The number of carbonyl (C=O) groups excluding carboxylic acids is 1. The molecule has 0 aliphatic heterocycles. The maximum atomic E-state index is 12.2. The van der Waals surface area contributed by atoms with E-state index >= 15 is 0 Å². The van der Waals surface area contributed by atoms with Gasteiger partial charge in [0.2, 0.25) is 11.8 Å². The van der Waals surface area contributed by atoms with Crippen LogP contribution in [0.2, 0.25) is 10.0 Å². The molecular formula is C17H18Cl2N2O2S. The highest BCUT2D eigenvalue weighted by Gasteiger charge is 2.16.